The van der Waals surface area contributed by atoms with E-state index < -0.39 is 0 Å². The Morgan fingerprint density at radius 3 is 2.30 bits per heavy atom. The van der Waals surface area contributed by atoms with Gasteiger partial charge in [-0.3, -0.25) is 4.90 Å². The molecular formula is C7H17N3. The zero-order valence-corrected chi connectivity index (χ0v) is 7.02. The van der Waals surface area contributed by atoms with Crippen LogP contribution in [0.1, 0.15) is 6.42 Å². The molecule has 1 aliphatic heterocycles. The zero-order valence-electron chi connectivity index (χ0n) is 7.02. The second-order valence-corrected chi connectivity index (χ2v) is 2.97. The minimum atomic E-state index is 0.567. The Morgan fingerprint density at radius 1 is 1.30 bits per heavy atom. The van der Waals surface area contributed by atoms with Gasteiger partial charge in [0.25, 0.3) is 0 Å². The smallest absolute Gasteiger partial charge is 0.0608 e. The molecule has 10 heavy (non-hydrogen) atoms. The van der Waals surface area contributed by atoms with Crippen LogP contribution in [-0.4, -0.2) is 44.8 Å². The Morgan fingerprint density at radius 2 is 2.00 bits per heavy atom. The summed E-state index contributed by atoms with van der Waals surface area (Å²) >= 11 is 0. The van der Waals surface area contributed by atoms with Crippen LogP contribution in [0.15, 0.2) is 0 Å². The molecule has 60 valence electrons. The number of likely N-dealkylation sites (N-methyl/N-ethyl adjacent to an activating group) is 2. The Balaban J connectivity index is 2.36. The van der Waals surface area contributed by atoms with Crippen molar-refractivity contribution in [3.63, 3.8) is 0 Å². The lowest BCUT2D eigenvalue weighted by Gasteiger charge is -2.17. The number of nitrogens with zero attached hydrogens (tertiary/aromatic N) is 1. The molecule has 0 aromatic heterocycles. The SMILES string of the molecule is CNC1CC(NC)N(C)C1. The fraction of sp³-hybridized carbons (Fsp3) is 1.00. The summed E-state index contributed by atoms with van der Waals surface area (Å²) in [6.45, 7) is 1.15. The van der Waals surface area contributed by atoms with Crippen molar-refractivity contribution in [3.8, 4) is 0 Å². The third kappa shape index (κ3) is 1.48. The van der Waals surface area contributed by atoms with Gasteiger partial charge < -0.3 is 10.6 Å². The molecule has 2 unspecified atom stereocenters. The molecule has 1 heterocycles. The molecule has 1 aliphatic rings. The first-order valence-corrected chi connectivity index (χ1v) is 3.82. The first-order valence-electron chi connectivity index (χ1n) is 3.82. The highest BCUT2D eigenvalue weighted by molar-refractivity contribution is 4.84. The van der Waals surface area contributed by atoms with E-state index >= 15 is 0 Å². The average molecular weight is 143 g/mol. The summed E-state index contributed by atoms with van der Waals surface area (Å²) in [5.41, 5.74) is 0. The number of nitrogens with one attached hydrogen (secondary N) is 2. The largest absolute Gasteiger partial charge is 0.316 e. The van der Waals surface area contributed by atoms with Gasteiger partial charge in [-0.2, -0.15) is 0 Å². The number of hydrogen-bond donors (Lipinski definition) is 2. The second kappa shape index (κ2) is 3.32. The Kier molecular flexibility index (Phi) is 2.65. The highest BCUT2D eigenvalue weighted by atomic mass is 15.3. The van der Waals surface area contributed by atoms with Crippen molar-refractivity contribution in [2.45, 2.75) is 18.6 Å². The van der Waals surface area contributed by atoms with Crippen LogP contribution in [0.25, 0.3) is 0 Å². The van der Waals surface area contributed by atoms with Gasteiger partial charge in [-0.1, -0.05) is 0 Å². The van der Waals surface area contributed by atoms with Gasteiger partial charge in [0.15, 0.2) is 0 Å². The molecular weight excluding hydrogens is 126 g/mol. The minimum absolute atomic E-state index is 0.567. The topological polar surface area (TPSA) is 27.3 Å². The molecule has 2 N–H and O–H groups in total. The molecule has 0 aliphatic carbocycles. The zero-order chi connectivity index (χ0) is 7.56. The lowest BCUT2D eigenvalue weighted by Crippen LogP contribution is -2.35. The van der Waals surface area contributed by atoms with E-state index in [1.165, 1.54) is 6.42 Å². The first kappa shape index (κ1) is 7.98. The minimum Gasteiger partial charge on any atom is -0.316 e. The van der Waals surface area contributed by atoms with Gasteiger partial charge in [0.05, 0.1) is 6.17 Å². The molecule has 0 bridgehead atoms. The molecule has 0 saturated carbocycles. The van der Waals surface area contributed by atoms with Gasteiger partial charge in [0.1, 0.15) is 0 Å². The van der Waals surface area contributed by atoms with E-state index in [-0.39, 0.29) is 0 Å². The van der Waals surface area contributed by atoms with Crippen LogP contribution < -0.4 is 10.6 Å². The van der Waals surface area contributed by atoms with Crippen LogP contribution in [0, 0.1) is 0 Å². The maximum atomic E-state index is 3.28. The molecule has 0 aromatic rings. The molecule has 1 fully saturated rings. The molecule has 3 heteroatoms. The molecule has 0 radical (unpaired) electrons. The van der Waals surface area contributed by atoms with Gasteiger partial charge in [-0.05, 0) is 27.6 Å². The highest BCUT2D eigenvalue weighted by Crippen LogP contribution is 2.11. The molecule has 0 aromatic carbocycles. The monoisotopic (exact) mass is 143 g/mol. The second-order valence-electron chi connectivity index (χ2n) is 2.97. The number of hydrogen-bond acceptors (Lipinski definition) is 3. The van der Waals surface area contributed by atoms with Crippen molar-refractivity contribution in [2.75, 3.05) is 27.7 Å². The van der Waals surface area contributed by atoms with Crippen molar-refractivity contribution in [3.05, 3.63) is 0 Å². The molecule has 1 saturated heterocycles. The fourth-order valence-corrected chi connectivity index (χ4v) is 1.55. The normalized spacial score (nSPS) is 35.1. The summed E-state index contributed by atoms with van der Waals surface area (Å²) in [6, 6.07) is 0.669. The van der Waals surface area contributed by atoms with E-state index in [1.54, 1.807) is 0 Å². The summed E-state index contributed by atoms with van der Waals surface area (Å²) in [5, 5.41) is 6.54. The van der Waals surface area contributed by atoms with Crippen molar-refractivity contribution in [1.29, 1.82) is 0 Å². The van der Waals surface area contributed by atoms with Crippen LogP contribution in [-0.2, 0) is 0 Å². The van der Waals surface area contributed by atoms with Crippen LogP contribution in [0.4, 0.5) is 0 Å². The molecule has 0 spiro atoms. The van der Waals surface area contributed by atoms with E-state index in [2.05, 4.69) is 22.6 Å². The van der Waals surface area contributed by atoms with E-state index in [4.69, 9.17) is 0 Å². The molecule has 3 nitrogen and oxygen atoms in total. The van der Waals surface area contributed by atoms with Crippen LogP contribution >= 0.6 is 0 Å². The Labute approximate surface area is 62.8 Å². The van der Waals surface area contributed by atoms with E-state index in [0.717, 1.165) is 6.54 Å². The summed E-state index contributed by atoms with van der Waals surface area (Å²) in [4.78, 5) is 2.33. The average Bonchev–Trinajstić information content (AvgIpc) is 2.30. The summed E-state index contributed by atoms with van der Waals surface area (Å²) in [6.07, 6.45) is 1.78. The third-order valence-electron chi connectivity index (χ3n) is 2.29. The van der Waals surface area contributed by atoms with Crippen LogP contribution in [0.5, 0.6) is 0 Å². The quantitative estimate of drug-likeness (QED) is 0.543. The molecule has 0 amide bonds. The van der Waals surface area contributed by atoms with Gasteiger partial charge >= 0.3 is 0 Å². The molecule has 1 rings (SSSR count). The maximum absolute atomic E-state index is 3.28. The highest BCUT2D eigenvalue weighted by Gasteiger charge is 2.26. The van der Waals surface area contributed by atoms with Crippen molar-refractivity contribution >= 4 is 0 Å². The van der Waals surface area contributed by atoms with Crippen molar-refractivity contribution in [1.82, 2.24) is 15.5 Å². The summed E-state index contributed by atoms with van der Waals surface area (Å²) in [5.74, 6) is 0. The predicted octanol–water partition coefficient (Wildman–Crippen LogP) is -0.545. The lowest BCUT2D eigenvalue weighted by molar-refractivity contribution is 0.278. The fourth-order valence-electron chi connectivity index (χ4n) is 1.55. The van der Waals surface area contributed by atoms with Crippen molar-refractivity contribution in [2.24, 2.45) is 0 Å². The summed E-state index contributed by atoms with van der Waals surface area (Å²) < 4.78 is 0. The number of rotatable bonds is 2. The van der Waals surface area contributed by atoms with Gasteiger partial charge in [-0.25, -0.2) is 0 Å². The molecule has 2 atom stereocenters. The predicted molar refractivity (Wildman–Crippen MR) is 42.9 cm³/mol. The van der Waals surface area contributed by atoms with E-state index in [0.29, 0.717) is 12.2 Å². The third-order valence-corrected chi connectivity index (χ3v) is 2.29. The standard InChI is InChI=1S/C7H17N3/c1-8-6-4-7(9-2)10(3)5-6/h6-9H,4-5H2,1-3H3. The lowest BCUT2D eigenvalue weighted by atomic mass is 10.2. The van der Waals surface area contributed by atoms with E-state index in [9.17, 15) is 0 Å². The summed E-state index contributed by atoms with van der Waals surface area (Å²) in [7, 11) is 6.19. The van der Waals surface area contributed by atoms with Crippen LogP contribution in [0.2, 0.25) is 0 Å². The Hall–Kier alpha value is -0.120. The van der Waals surface area contributed by atoms with Crippen molar-refractivity contribution < 1.29 is 0 Å². The number of likely N-dealkylation sites (tertiary alicyclic amines) is 1. The van der Waals surface area contributed by atoms with Gasteiger partial charge in [-0.15, -0.1) is 0 Å². The van der Waals surface area contributed by atoms with E-state index in [1.807, 2.05) is 14.1 Å². The van der Waals surface area contributed by atoms with Gasteiger partial charge in [0, 0.05) is 12.6 Å². The van der Waals surface area contributed by atoms with Gasteiger partial charge in [0.2, 0.25) is 0 Å². The first-order chi connectivity index (χ1) is 4.77. The van der Waals surface area contributed by atoms with Crippen LogP contribution in [0.3, 0.4) is 0 Å². The Bertz CT molecular complexity index is 105. The maximum Gasteiger partial charge on any atom is 0.0608 e.